The average Bonchev–Trinajstić information content (AvgIpc) is 3.05. The van der Waals surface area contributed by atoms with E-state index in [4.69, 9.17) is 15.0 Å². The summed E-state index contributed by atoms with van der Waals surface area (Å²) in [5, 5.41) is 2.31. The molecule has 4 heteroatoms. The minimum absolute atomic E-state index is 0.641. The lowest BCUT2D eigenvalue weighted by molar-refractivity contribution is 1.07. The average molecular weight is 513 g/mol. The van der Waals surface area contributed by atoms with Gasteiger partial charge in [0.2, 0.25) is 0 Å². The van der Waals surface area contributed by atoms with Crippen LogP contribution in [0.15, 0.2) is 146 Å². The summed E-state index contributed by atoms with van der Waals surface area (Å²) in [6.07, 6.45) is 1.82. The Morgan fingerprint density at radius 3 is 1.60 bits per heavy atom. The Morgan fingerprint density at radius 2 is 0.950 bits per heavy atom. The van der Waals surface area contributed by atoms with Crippen molar-refractivity contribution >= 4 is 10.8 Å². The van der Waals surface area contributed by atoms with E-state index < -0.39 is 0 Å². The Balaban J connectivity index is 1.46. The summed E-state index contributed by atoms with van der Waals surface area (Å²) in [5.74, 6) is 1.94. The second-order valence-electron chi connectivity index (χ2n) is 9.54. The molecular weight excluding hydrogens is 488 g/mol. The molecule has 0 amide bonds. The van der Waals surface area contributed by atoms with Gasteiger partial charge in [0.1, 0.15) is 0 Å². The Hall–Kier alpha value is -5.48. The monoisotopic (exact) mass is 512 g/mol. The van der Waals surface area contributed by atoms with Crippen LogP contribution in [0.1, 0.15) is 0 Å². The van der Waals surface area contributed by atoms with E-state index in [1.54, 1.807) is 0 Å². The maximum atomic E-state index is 5.03. The van der Waals surface area contributed by atoms with Crippen LogP contribution in [-0.2, 0) is 0 Å². The predicted molar refractivity (Wildman–Crippen MR) is 162 cm³/mol. The maximum absolute atomic E-state index is 5.03. The SMILES string of the molecule is c1ccc(-c2nc(-c3ccccc3)nc(-c3ccc4ccccc4c3-c3ccc(-c4ccccn4)cc3)n2)cc1. The van der Waals surface area contributed by atoms with Crippen molar-refractivity contribution in [2.45, 2.75) is 0 Å². The van der Waals surface area contributed by atoms with Crippen molar-refractivity contribution in [1.29, 1.82) is 0 Å². The van der Waals surface area contributed by atoms with Crippen LogP contribution in [-0.4, -0.2) is 19.9 Å². The third-order valence-electron chi connectivity index (χ3n) is 7.00. The molecule has 0 aliphatic heterocycles. The number of fused-ring (bicyclic) bond motifs is 1. The molecule has 0 unspecified atom stereocenters. The normalized spacial score (nSPS) is 11.0. The first-order valence-corrected chi connectivity index (χ1v) is 13.2. The second kappa shape index (κ2) is 10.4. The summed E-state index contributed by atoms with van der Waals surface area (Å²) < 4.78 is 0. The number of pyridine rings is 1. The fourth-order valence-corrected chi connectivity index (χ4v) is 5.04. The van der Waals surface area contributed by atoms with E-state index in [-0.39, 0.29) is 0 Å². The number of benzene rings is 5. The van der Waals surface area contributed by atoms with Gasteiger partial charge in [-0.3, -0.25) is 4.98 Å². The highest BCUT2D eigenvalue weighted by atomic mass is 15.0. The molecule has 0 fully saturated rings. The molecule has 0 aliphatic rings. The summed E-state index contributed by atoms with van der Waals surface area (Å²) in [6.45, 7) is 0. The van der Waals surface area contributed by atoms with Crippen LogP contribution in [0.2, 0.25) is 0 Å². The van der Waals surface area contributed by atoms with E-state index in [1.165, 1.54) is 0 Å². The van der Waals surface area contributed by atoms with Gasteiger partial charge < -0.3 is 0 Å². The maximum Gasteiger partial charge on any atom is 0.164 e. The first-order chi connectivity index (χ1) is 19.8. The fraction of sp³-hybridized carbons (Fsp3) is 0. The highest BCUT2D eigenvalue weighted by Gasteiger charge is 2.18. The summed E-state index contributed by atoms with van der Waals surface area (Å²) in [4.78, 5) is 19.4. The standard InChI is InChI=1S/C36H24N4/c1-3-12-28(13-4-1)34-38-35(29-14-5-2-6-15-29)40-36(39-34)31-23-22-25-11-7-8-16-30(25)33(31)27-20-18-26(19-21-27)32-17-9-10-24-37-32/h1-24H. The van der Waals surface area contributed by atoms with E-state index in [9.17, 15) is 0 Å². The lowest BCUT2D eigenvalue weighted by Gasteiger charge is -2.15. The van der Waals surface area contributed by atoms with Crippen molar-refractivity contribution in [3.63, 3.8) is 0 Å². The molecule has 0 atom stereocenters. The van der Waals surface area contributed by atoms with Crippen molar-refractivity contribution in [3.05, 3.63) is 146 Å². The second-order valence-corrected chi connectivity index (χ2v) is 9.54. The van der Waals surface area contributed by atoms with E-state index in [0.29, 0.717) is 17.5 Å². The molecule has 7 aromatic rings. The van der Waals surface area contributed by atoms with Crippen LogP contribution in [0.4, 0.5) is 0 Å². The van der Waals surface area contributed by atoms with Crippen molar-refractivity contribution in [2.24, 2.45) is 0 Å². The van der Waals surface area contributed by atoms with Crippen LogP contribution in [0.5, 0.6) is 0 Å². The van der Waals surface area contributed by atoms with E-state index in [2.05, 4.69) is 65.6 Å². The number of nitrogens with zero attached hydrogens (tertiary/aromatic N) is 4. The molecule has 7 rings (SSSR count). The molecule has 0 spiro atoms. The van der Waals surface area contributed by atoms with Gasteiger partial charge in [0.25, 0.3) is 0 Å². The zero-order chi connectivity index (χ0) is 26.7. The Labute approximate surface area is 232 Å². The van der Waals surface area contributed by atoms with E-state index >= 15 is 0 Å². The summed E-state index contributed by atoms with van der Waals surface area (Å²) in [5.41, 5.74) is 7.06. The van der Waals surface area contributed by atoms with Gasteiger partial charge in [-0.15, -0.1) is 0 Å². The molecule has 40 heavy (non-hydrogen) atoms. The van der Waals surface area contributed by atoms with Crippen molar-refractivity contribution < 1.29 is 0 Å². The zero-order valence-electron chi connectivity index (χ0n) is 21.6. The Bertz CT molecular complexity index is 1860. The molecule has 4 nitrogen and oxygen atoms in total. The van der Waals surface area contributed by atoms with Crippen LogP contribution < -0.4 is 0 Å². The molecule has 0 radical (unpaired) electrons. The molecule has 5 aromatic carbocycles. The fourth-order valence-electron chi connectivity index (χ4n) is 5.04. The topological polar surface area (TPSA) is 51.6 Å². The molecule has 0 aliphatic carbocycles. The van der Waals surface area contributed by atoms with Crippen LogP contribution in [0.25, 0.3) is 67.3 Å². The number of hydrogen-bond donors (Lipinski definition) is 0. The number of aromatic nitrogens is 4. The smallest absolute Gasteiger partial charge is 0.164 e. The Morgan fingerprint density at radius 1 is 0.375 bits per heavy atom. The first kappa shape index (κ1) is 23.6. The minimum atomic E-state index is 0.641. The molecule has 0 bridgehead atoms. The predicted octanol–water partition coefficient (Wildman–Crippen LogP) is 8.75. The van der Waals surface area contributed by atoms with Gasteiger partial charge in [-0.05, 0) is 34.5 Å². The molecular formula is C36H24N4. The van der Waals surface area contributed by atoms with Gasteiger partial charge in [0.05, 0.1) is 5.69 Å². The summed E-state index contributed by atoms with van der Waals surface area (Å²) in [6, 6.07) is 47.4. The van der Waals surface area contributed by atoms with Gasteiger partial charge in [0, 0.05) is 34.0 Å². The Kier molecular flexibility index (Phi) is 6.11. The summed E-state index contributed by atoms with van der Waals surface area (Å²) >= 11 is 0. The van der Waals surface area contributed by atoms with Crippen molar-refractivity contribution in [2.75, 3.05) is 0 Å². The highest BCUT2D eigenvalue weighted by molar-refractivity contribution is 6.03. The summed E-state index contributed by atoms with van der Waals surface area (Å²) in [7, 11) is 0. The molecule has 2 heterocycles. The van der Waals surface area contributed by atoms with Crippen LogP contribution in [0, 0.1) is 0 Å². The number of rotatable bonds is 5. The van der Waals surface area contributed by atoms with E-state index in [0.717, 1.165) is 49.8 Å². The highest BCUT2D eigenvalue weighted by Crippen LogP contribution is 2.38. The van der Waals surface area contributed by atoms with Gasteiger partial charge in [-0.1, -0.05) is 121 Å². The minimum Gasteiger partial charge on any atom is -0.256 e. The van der Waals surface area contributed by atoms with Crippen molar-refractivity contribution in [3.8, 4) is 56.5 Å². The van der Waals surface area contributed by atoms with Gasteiger partial charge in [-0.25, -0.2) is 15.0 Å². The van der Waals surface area contributed by atoms with Gasteiger partial charge in [-0.2, -0.15) is 0 Å². The third kappa shape index (κ3) is 4.52. The van der Waals surface area contributed by atoms with Crippen LogP contribution in [0.3, 0.4) is 0 Å². The lowest BCUT2D eigenvalue weighted by atomic mass is 9.92. The third-order valence-corrected chi connectivity index (χ3v) is 7.00. The van der Waals surface area contributed by atoms with E-state index in [1.807, 2.05) is 85.1 Å². The van der Waals surface area contributed by atoms with Gasteiger partial charge >= 0.3 is 0 Å². The lowest BCUT2D eigenvalue weighted by Crippen LogP contribution is -2.01. The zero-order valence-corrected chi connectivity index (χ0v) is 21.6. The largest absolute Gasteiger partial charge is 0.256 e. The molecule has 2 aromatic heterocycles. The van der Waals surface area contributed by atoms with Crippen LogP contribution >= 0.6 is 0 Å². The first-order valence-electron chi connectivity index (χ1n) is 13.2. The molecule has 0 N–H and O–H groups in total. The quantitative estimate of drug-likeness (QED) is 0.231. The molecule has 188 valence electrons. The van der Waals surface area contributed by atoms with Crippen molar-refractivity contribution in [1.82, 2.24) is 19.9 Å². The molecule has 0 saturated heterocycles. The number of hydrogen-bond acceptors (Lipinski definition) is 4. The van der Waals surface area contributed by atoms with Gasteiger partial charge in [0.15, 0.2) is 17.5 Å². The molecule has 0 saturated carbocycles.